The summed E-state index contributed by atoms with van der Waals surface area (Å²) in [6.45, 7) is 0.536. The monoisotopic (exact) mass is 325 g/mol. The molecule has 1 fully saturated rings. The molecule has 0 bridgehead atoms. The van der Waals surface area contributed by atoms with Crippen molar-refractivity contribution in [1.29, 1.82) is 0 Å². The van der Waals surface area contributed by atoms with Crippen LogP contribution in [0.5, 0.6) is 5.88 Å². The predicted molar refractivity (Wildman–Crippen MR) is 76.7 cm³/mol. The molecule has 0 N–H and O–H groups in total. The number of nitrogens with zero attached hydrogens (tertiary/aromatic N) is 3. The maximum atomic E-state index is 12.3. The van der Waals surface area contributed by atoms with Crippen molar-refractivity contribution in [3.63, 3.8) is 0 Å². The van der Waals surface area contributed by atoms with Crippen LogP contribution in [0.2, 0.25) is 5.02 Å². The van der Waals surface area contributed by atoms with Gasteiger partial charge < -0.3 is 4.74 Å². The Morgan fingerprint density at radius 1 is 1.24 bits per heavy atom. The molecule has 6 nitrogen and oxygen atoms in total. The first-order valence-corrected chi connectivity index (χ1v) is 8.06. The van der Waals surface area contributed by atoms with Crippen LogP contribution >= 0.6 is 11.6 Å². The normalized spacial score (nSPS) is 16.4. The second-order valence-corrected chi connectivity index (χ2v) is 6.89. The van der Waals surface area contributed by atoms with Crippen LogP contribution in [-0.4, -0.2) is 41.9 Å². The lowest BCUT2D eigenvalue weighted by Crippen LogP contribution is -2.56. The lowest BCUT2D eigenvalue weighted by Gasteiger charge is -2.37. The topological polar surface area (TPSA) is 72.4 Å². The lowest BCUT2D eigenvalue weighted by molar-refractivity contribution is 0.0722. The molecule has 8 heteroatoms. The second-order valence-electron chi connectivity index (χ2n) is 4.54. The molecule has 0 aromatic carbocycles. The van der Waals surface area contributed by atoms with E-state index in [0.29, 0.717) is 10.9 Å². The van der Waals surface area contributed by atoms with Gasteiger partial charge in [0.1, 0.15) is 16.0 Å². The largest absolute Gasteiger partial charge is 0.470 e. The molecule has 3 heterocycles. The molecular formula is C13H12ClN3O3S. The van der Waals surface area contributed by atoms with E-state index in [9.17, 15) is 8.42 Å². The number of aromatic nitrogens is 2. The minimum absolute atomic E-state index is 0.180. The summed E-state index contributed by atoms with van der Waals surface area (Å²) in [6.07, 6.45) is 4.19. The van der Waals surface area contributed by atoms with Gasteiger partial charge in [-0.2, -0.15) is 4.31 Å². The van der Waals surface area contributed by atoms with Crippen LogP contribution in [0.1, 0.15) is 0 Å². The molecule has 0 spiro atoms. The van der Waals surface area contributed by atoms with Crippen molar-refractivity contribution in [2.24, 2.45) is 0 Å². The first kappa shape index (κ1) is 14.2. The summed E-state index contributed by atoms with van der Waals surface area (Å²) in [5, 5.41) is 0.408. The maximum absolute atomic E-state index is 12.3. The number of sulfonamides is 1. The van der Waals surface area contributed by atoms with E-state index in [0.717, 1.165) is 0 Å². The Kier molecular flexibility index (Phi) is 3.79. The van der Waals surface area contributed by atoms with Gasteiger partial charge in [0.2, 0.25) is 15.9 Å². The fraction of sp³-hybridized carbons (Fsp3) is 0.231. The molecule has 21 heavy (non-hydrogen) atoms. The Labute approximate surface area is 127 Å². The Hall–Kier alpha value is -1.70. The molecule has 1 saturated heterocycles. The number of hydrogen-bond acceptors (Lipinski definition) is 5. The van der Waals surface area contributed by atoms with Gasteiger partial charge in [0.15, 0.2) is 0 Å². The van der Waals surface area contributed by atoms with E-state index in [2.05, 4.69) is 9.97 Å². The summed E-state index contributed by atoms with van der Waals surface area (Å²) in [7, 11) is -3.50. The van der Waals surface area contributed by atoms with Crippen LogP contribution < -0.4 is 4.74 Å². The SMILES string of the molecule is O=S(=O)(c1cccnc1)N1CC(Oc2ncccc2Cl)C1. The van der Waals surface area contributed by atoms with E-state index in [-0.39, 0.29) is 24.1 Å². The van der Waals surface area contributed by atoms with E-state index in [4.69, 9.17) is 16.3 Å². The number of halogens is 1. The van der Waals surface area contributed by atoms with Crippen molar-refractivity contribution in [2.45, 2.75) is 11.0 Å². The molecule has 0 aliphatic carbocycles. The fourth-order valence-corrected chi connectivity index (χ4v) is 3.57. The van der Waals surface area contributed by atoms with Gasteiger partial charge in [-0.3, -0.25) is 4.98 Å². The van der Waals surface area contributed by atoms with Gasteiger partial charge in [0.25, 0.3) is 0 Å². The summed E-state index contributed by atoms with van der Waals surface area (Å²) in [6, 6.07) is 6.49. The van der Waals surface area contributed by atoms with E-state index < -0.39 is 10.0 Å². The van der Waals surface area contributed by atoms with Crippen molar-refractivity contribution >= 4 is 21.6 Å². The molecule has 0 saturated carbocycles. The van der Waals surface area contributed by atoms with Gasteiger partial charge in [0.05, 0.1) is 13.1 Å². The third-order valence-electron chi connectivity index (χ3n) is 3.09. The van der Waals surface area contributed by atoms with Crippen molar-refractivity contribution in [1.82, 2.24) is 14.3 Å². The zero-order valence-corrected chi connectivity index (χ0v) is 12.5. The number of hydrogen-bond donors (Lipinski definition) is 0. The number of rotatable bonds is 4. The molecule has 0 radical (unpaired) electrons. The van der Waals surface area contributed by atoms with Crippen LogP contribution in [0, 0.1) is 0 Å². The van der Waals surface area contributed by atoms with Gasteiger partial charge in [-0.25, -0.2) is 13.4 Å². The highest BCUT2D eigenvalue weighted by Gasteiger charge is 2.38. The third kappa shape index (κ3) is 2.85. The molecule has 2 aromatic heterocycles. The molecular weight excluding hydrogens is 314 g/mol. The predicted octanol–water partition coefficient (Wildman–Crippen LogP) is 1.58. The highest BCUT2D eigenvalue weighted by molar-refractivity contribution is 7.89. The fourth-order valence-electron chi connectivity index (χ4n) is 1.94. The molecule has 110 valence electrons. The van der Waals surface area contributed by atoms with E-state index in [1.807, 2.05) is 0 Å². The van der Waals surface area contributed by atoms with Gasteiger partial charge in [-0.1, -0.05) is 11.6 Å². The third-order valence-corrected chi connectivity index (χ3v) is 5.19. The van der Waals surface area contributed by atoms with Gasteiger partial charge in [-0.05, 0) is 24.3 Å². The van der Waals surface area contributed by atoms with Gasteiger partial charge >= 0.3 is 0 Å². The minimum atomic E-state index is -3.50. The lowest BCUT2D eigenvalue weighted by atomic mass is 10.2. The zero-order valence-electron chi connectivity index (χ0n) is 10.9. The van der Waals surface area contributed by atoms with Crippen molar-refractivity contribution < 1.29 is 13.2 Å². The first-order chi connectivity index (χ1) is 10.1. The summed E-state index contributed by atoms with van der Waals surface area (Å²) in [5.74, 6) is 0.322. The Morgan fingerprint density at radius 3 is 2.67 bits per heavy atom. The molecule has 0 atom stereocenters. The van der Waals surface area contributed by atoms with Crippen LogP contribution in [0.25, 0.3) is 0 Å². The molecule has 3 rings (SSSR count). The Morgan fingerprint density at radius 2 is 2.00 bits per heavy atom. The van der Waals surface area contributed by atoms with E-state index in [1.165, 1.54) is 22.8 Å². The molecule has 2 aromatic rings. The van der Waals surface area contributed by atoms with Crippen molar-refractivity contribution in [2.75, 3.05) is 13.1 Å². The summed E-state index contributed by atoms with van der Waals surface area (Å²) in [5.41, 5.74) is 0. The van der Waals surface area contributed by atoms with E-state index in [1.54, 1.807) is 24.4 Å². The van der Waals surface area contributed by atoms with Crippen molar-refractivity contribution in [3.8, 4) is 5.88 Å². The van der Waals surface area contributed by atoms with Crippen LogP contribution in [0.3, 0.4) is 0 Å². The van der Waals surface area contributed by atoms with Gasteiger partial charge in [-0.15, -0.1) is 0 Å². The zero-order chi connectivity index (χ0) is 14.9. The maximum Gasteiger partial charge on any atom is 0.244 e. The minimum Gasteiger partial charge on any atom is -0.470 e. The second kappa shape index (κ2) is 5.59. The summed E-state index contributed by atoms with van der Waals surface area (Å²) < 4.78 is 31.5. The Bertz CT molecular complexity index is 733. The van der Waals surface area contributed by atoms with Crippen molar-refractivity contribution in [3.05, 3.63) is 47.9 Å². The molecule has 1 aliphatic rings. The number of ether oxygens (including phenoxy) is 1. The average molecular weight is 326 g/mol. The first-order valence-electron chi connectivity index (χ1n) is 6.25. The quantitative estimate of drug-likeness (QED) is 0.853. The summed E-state index contributed by atoms with van der Waals surface area (Å²) in [4.78, 5) is 8.02. The number of pyridine rings is 2. The molecule has 1 aliphatic heterocycles. The average Bonchev–Trinajstić information content (AvgIpc) is 2.45. The summed E-state index contributed by atoms with van der Waals surface area (Å²) >= 11 is 5.94. The standard InChI is InChI=1S/C13H12ClN3O3S/c14-12-4-2-6-16-13(12)20-10-8-17(9-10)21(18,19)11-3-1-5-15-7-11/h1-7,10H,8-9H2. The molecule has 0 amide bonds. The smallest absolute Gasteiger partial charge is 0.244 e. The van der Waals surface area contributed by atoms with E-state index >= 15 is 0 Å². The van der Waals surface area contributed by atoms with Gasteiger partial charge in [0, 0.05) is 18.6 Å². The van der Waals surface area contributed by atoms with Crippen LogP contribution in [0.4, 0.5) is 0 Å². The van der Waals surface area contributed by atoms with Crippen LogP contribution in [0.15, 0.2) is 47.8 Å². The highest BCUT2D eigenvalue weighted by atomic mass is 35.5. The highest BCUT2D eigenvalue weighted by Crippen LogP contribution is 2.26. The van der Waals surface area contributed by atoms with Crippen LogP contribution in [-0.2, 0) is 10.0 Å². The molecule has 0 unspecified atom stereocenters. The Balaban J connectivity index is 1.65.